The summed E-state index contributed by atoms with van der Waals surface area (Å²) in [6, 6.07) is 5.82. The fourth-order valence-electron chi connectivity index (χ4n) is 2.40. The number of halogens is 1. The maximum Gasteiger partial charge on any atom is 0.327 e. The first kappa shape index (κ1) is 13.0. The fourth-order valence-corrected chi connectivity index (χ4v) is 2.40. The quantitative estimate of drug-likeness (QED) is 0.836. The van der Waals surface area contributed by atoms with Crippen molar-refractivity contribution in [3.05, 3.63) is 35.6 Å². The minimum absolute atomic E-state index is 0.303. The Labute approximate surface area is 106 Å². The zero-order chi connectivity index (χ0) is 13.0. The number of hydrogen-bond acceptors (Lipinski definition) is 3. The van der Waals surface area contributed by atoms with Crippen LogP contribution in [0.3, 0.4) is 0 Å². The summed E-state index contributed by atoms with van der Waals surface area (Å²) >= 11 is 0. The van der Waals surface area contributed by atoms with Crippen LogP contribution in [0.25, 0.3) is 0 Å². The monoisotopic (exact) mass is 251 g/mol. The first-order valence-electron chi connectivity index (χ1n) is 6.30. The van der Waals surface area contributed by atoms with Gasteiger partial charge in [0.15, 0.2) is 0 Å². The van der Waals surface area contributed by atoms with E-state index in [1.807, 2.05) is 0 Å². The molecule has 1 N–H and O–H groups in total. The maximum atomic E-state index is 12.9. The van der Waals surface area contributed by atoms with Gasteiger partial charge in [-0.2, -0.15) is 0 Å². The summed E-state index contributed by atoms with van der Waals surface area (Å²) in [5.41, 5.74) is 0.746. The second-order valence-corrected chi connectivity index (χ2v) is 4.66. The van der Waals surface area contributed by atoms with Gasteiger partial charge in [-0.15, -0.1) is 0 Å². The molecule has 4 heteroatoms. The minimum atomic E-state index is -0.501. The van der Waals surface area contributed by atoms with Gasteiger partial charge < -0.3 is 4.74 Å². The molecule has 1 aromatic carbocycles. The van der Waals surface area contributed by atoms with Gasteiger partial charge in [-0.3, -0.25) is 5.32 Å². The molecule has 1 aromatic rings. The molecular weight excluding hydrogens is 233 g/mol. The lowest BCUT2D eigenvalue weighted by Gasteiger charge is -2.21. The average Bonchev–Trinajstić information content (AvgIpc) is 2.89. The number of ether oxygens (including phenoxy) is 1. The molecule has 0 aliphatic heterocycles. The summed E-state index contributed by atoms with van der Waals surface area (Å²) in [5, 5.41) is 3.31. The number of hydrogen-bond donors (Lipinski definition) is 1. The van der Waals surface area contributed by atoms with Crippen molar-refractivity contribution in [2.24, 2.45) is 0 Å². The maximum absolute atomic E-state index is 12.9. The zero-order valence-corrected chi connectivity index (χ0v) is 10.5. The summed E-state index contributed by atoms with van der Waals surface area (Å²) in [7, 11) is 1.37. The Morgan fingerprint density at radius 1 is 1.33 bits per heavy atom. The first-order valence-corrected chi connectivity index (χ1v) is 6.30. The van der Waals surface area contributed by atoms with Gasteiger partial charge in [-0.25, -0.2) is 9.18 Å². The highest BCUT2D eigenvalue weighted by Gasteiger charge is 2.26. The molecule has 0 aromatic heterocycles. The number of rotatable bonds is 4. The molecule has 1 fully saturated rings. The third kappa shape index (κ3) is 3.07. The molecule has 0 spiro atoms. The molecular formula is C14H18FNO2. The number of carbonyl (C=O) groups excluding carboxylic acids is 1. The Morgan fingerprint density at radius 3 is 2.50 bits per heavy atom. The van der Waals surface area contributed by atoms with Crippen molar-refractivity contribution < 1.29 is 13.9 Å². The summed E-state index contributed by atoms with van der Waals surface area (Å²) in [6.07, 6.45) is 4.54. The third-order valence-corrected chi connectivity index (χ3v) is 3.40. The largest absolute Gasteiger partial charge is 0.468 e. The van der Waals surface area contributed by atoms with E-state index in [2.05, 4.69) is 5.32 Å². The normalized spacial score (nSPS) is 17.7. The van der Waals surface area contributed by atoms with E-state index in [-0.39, 0.29) is 11.8 Å². The molecule has 1 aliphatic carbocycles. The van der Waals surface area contributed by atoms with Gasteiger partial charge in [0.05, 0.1) is 7.11 Å². The Hall–Kier alpha value is -1.42. The molecule has 0 radical (unpaired) electrons. The summed E-state index contributed by atoms with van der Waals surface area (Å²) in [5.74, 6) is -0.628. The molecule has 1 saturated carbocycles. The highest BCUT2D eigenvalue weighted by molar-refractivity contribution is 5.77. The van der Waals surface area contributed by atoms with Crippen LogP contribution in [-0.2, 0) is 9.53 Å². The smallest absolute Gasteiger partial charge is 0.327 e. The molecule has 3 nitrogen and oxygen atoms in total. The van der Waals surface area contributed by atoms with Crippen LogP contribution in [0.4, 0.5) is 4.39 Å². The molecule has 2 rings (SSSR count). The van der Waals surface area contributed by atoms with Crippen molar-refractivity contribution in [2.45, 2.75) is 37.8 Å². The van der Waals surface area contributed by atoms with Crippen molar-refractivity contribution in [2.75, 3.05) is 7.11 Å². The lowest BCUT2D eigenvalue weighted by atomic mass is 10.1. The molecule has 18 heavy (non-hydrogen) atoms. The number of carbonyl (C=O) groups is 1. The van der Waals surface area contributed by atoms with E-state index in [4.69, 9.17) is 4.74 Å². The van der Waals surface area contributed by atoms with Gasteiger partial charge in [0.25, 0.3) is 0 Å². The van der Waals surface area contributed by atoms with E-state index < -0.39 is 6.04 Å². The van der Waals surface area contributed by atoms with Crippen molar-refractivity contribution in [1.29, 1.82) is 0 Å². The van der Waals surface area contributed by atoms with Crippen LogP contribution in [0.15, 0.2) is 24.3 Å². The van der Waals surface area contributed by atoms with Crippen LogP contribution in [0, 0.1) is 5.82 Å². The summed E-state index contributed by atoms with van der Waals surface area (Å²) in [6.45, 7) is 0. The van der Waals surface area contributed by atoms with Gasteiger partial charge in [0, 0.05) is 6.04 Å². The predicted octanol–water partition coefficient (Wildman–Crippen LogP) is 2.57. The lowest BCUT2D eigenvalue weighted by molar-refractivity contribution is -0.143. The molecule has 1 unspecified atom stereocenters. The molecule has 0 heterocycles. The summed E-state index contributed by atoms with van der Waals surface area (Å²) < 4.78 is 17.7. The number of benzene rings is 1. The van der Waals surface area contributed by atoms with Crippen LogP contribution in [-0.4, -0.2) is 19.1 Å². The van der Waals surface area contributed by atoms with E-state index in [1.165, 1.54) is 32.1 Å². The molecule has 0 bridgehead atoms. The van der Waals surface area contributed by atoms with Crippen molar-refractivity contribution in [3.63, 3.8) is 0 Å². The van der Waals surface area contributed by atoms with Gasteiger partial charge >= 0.3 is 5.97 Å². The summed E-state index contributed by atoms with van der Waals surface area (Å²) in [4.78, 5) is 11.8. The Morgan fingerprint density at radius 2 is 1.94 bits per heavy atom. The van der Waals surface area contributed by atoms with Crippen molar-refractivity contribution >= 4 is 5.97 Å². The van der Waals surface area contributed by atoms with Crippen molar-refractivity contribution in [1.82, 2.24) is 5.32 Å². The molecule has 98 valence electrons. The highest BCUT2D eigenvalue weighted by atomic mass is 19.1. The zero-order valence-electron chi connectivity index (χ0n) is 10.5. The molecule has 1 atom stereocenters. The minimum Gasteiger partial charge on any atom is -0.468 e. The number of nitrogens with one attached hydrogen (secondary N) is 1. The predicted molar refractivity (Wildman–Crippen MR) is 66.5 cm³/mol. The van der Waals surface area contributed by atoms with Crippen LogP contribution in [0.2, 0.25) is 0 Å². The SMILES string of the molecule is COC(=O)C(NC1CCCC1)c1ccc(F)cc1. The fraction of sp³-hybridized carbons (Fsp3) is 0.500. The Bertz CT molecular complexity index is 399. The topological polar surface area (TPSA) is 38.3 Å². The van der Waals surface area contributed by atoms with E-state index in [0.717, 1.165) is 18.4 Å². The van der Waals surface area contributed by atoms with Gasteiger partial charge in [0.1, 0.15) is 11.9 Å². The van der Waals surface area contributed by atoms with E-state index in [0.29, 0.717) is 6.04 Å². The molecule has 1 aliphatic rings. The van der Waals surface area contributed by atoms with E-state index in [9.17, 15) is 9.18 Å². The van der Waals surface area contributed by atoms with Crippen molar-refractivity contribution in [3.8, 4) is 0 Å². The highest BCUT2D eigenvalue weighted by Crippen LogP contribution is 2.23. The molecule has 0 saturated heterocycles. The number of esters is 1. The molecule has 0 amide bonds. The van der Waals surface area contributed by atoms with Gasteiger partial charge in [-0.1, -0.05) is 25.0 Å². The third-order valence-electron chi connectivity index (χ3n) is 3.40. The van der Waals surface area contributed by atoms with Gasteiger partial charge in [-0.05, 0) is 30.5 Å². The van der Waals surface area contributed by atoms with E-state index >= 15 is 0 Å². The van der Waals surface area contributed by atoms with Crippen LogP contribution >= 0.6 is 0 Å². The second-order valence-electron chi connectivity index (χ2n) is 4.66. The first-order chi connectivity index (χ1) is 8.70. The Kier molecular flexibility index (Phi) is 4.31. The number of methoxy groups -OCH3 is 1. The van der Waals surface area contributed by atoms with E-state index in [1.54, 1.807) is 12.1 Å². The van der Waals surface area contributed by atoms with Crippen LogP contribution in [0.1, 0.15) is 37.3 Å². The second kappa shape index (κ2) is 5.96. The Balaban J connectivity index is 2.13. The van der Waals surface area contributed by atoms with Crippen LogP contribution < -0.4 is 5.32 Å². The standard InChI is InChI=1S/C14H18FNO2/c1-18-14(17)13(16-12-4-2-3-5-12)10-6-8-11(15)9-7-10/h6-9,12-13,16H,2-5H2,1H3. The lowest BCUT2D eigenvalue weighted by Crippen LogP contribution is -2.36. The van der Waals surface area contributed by atoms with Gasteiger partial charge in [0.2, 0.25) is 0 Å². The average molecular weight is 251 g/mol. The van der Waals surface area contributed by atoms with Crippen LogP contribution in [0.5, 0.6) is 0 Å².